The van der Waals surface area contributed by atoms with E-state index in [0.29, 0.717) is 33.9 Å². The second-order valence-corrected chi connectivity index (χ2v) is 8.12. The molecule has 1 amide bonds. The van der Waals surface area contributed by atoms with Crippen molar-refractivity contribution in [1.29, 1.82) is 0 Å². The zero-order valence-corrected chi connectivity index (χ0v) is 18.0. The summed E-state index contributed by atoms with van der Waals surface area (Å²) in [5, 5.41) is 0. The van der Waals surface area contributed by atoms with Crippen molar-refractivity contribution in [3.05, 3.63) is 57.2 Å². The van der Waals surface area contributed by atoms with E-state index >= 15 is 0 Å². The number of pyridine rings is 1. The fourth-order valence-electron chi connectivity index (χ4n) is 2.54. The van der Waals surface area contributed by atoms with Crippen LogP contribution in [0, 0.1) is 0 Å². The van der Waals surface area contributed by atoms with E-state index in [1.54, 1.807) is 24.4 Å². The molecule has 0 unspecified atom stereocenters. The molecule has 0 spiro atoms. The van der Waals surface area contributed by atoms with Crippen molar-refractivity contribution in [3.8, 4) is 11.5 Å². The van der Waals surface area contributed by atoms with Crippen molar-refractivity contribution in [3.63, 3.8) is 0 Å². The summed E-state index contributed by atoms with van der Waals surface area (Å²) in [6.07, 6.45) is 5.24. The van der Waals surface area contributed by atoms with Gasteiger partial charge in [0, 0.05) is 16.9 Å². The quantitative estimate of drug-likeness (QED) is 0.457. The molecule has 0 saturated carbocycles. The molecule has 0 aliphatic carbocycles. The highest BCUT2D eigenvalue weighted by molar-refractivity contribution is 9.10. The van der Waals surface area contributed by atoms with Gasteiger partial charge < -0.3 is 9.47 Å². The predicted molar refractivity (Wildman–Crippen MR) is 115 cm³/mol. The van der Waals surface area contributed by atoms with Gasteiger partial charge in [0.15, 0.2) is 11.5 Å². The Morgan fingerprint density at radius 2 is 2.19 bits per heavy atom. The fourth-order valence-corrected chi connectivity index (χ4v) is 4.22. The second-order valence-electron chi connectivity index (χ2n) is 5.59. The van der Waals surface area contributed by atoms with Gasteiger partial charge in [-0.1, -0.05) is 46.0 Å². The summed E-state index contributed by atoms with van der Waals surface area (Å²) >= 11 is 10.2. The van der Waals surface area contributed by atoms with Crippen molar-refractivity contribution in [2.24, 2.45) is 0 Å². The van der Waals surface area contributed by atoms with Crippen molar-refractivity contribution in [2.75, 3.05) is 13.7 Å². The van der Waals surface area contributed by atoms with Gasteiger partial charge in [0.2, 0.25) is 0 Å². The van der Waals surface area contributed by atoms with Gasteiger partial charge in [-0.15, -0.1) is 0 Å². The average molecular weight is 465 g/mol. The normalized spacial score (nSPS) is 15.5. The first-order valence-corrected chi connectivity index (χ1v) is 10.2. The molecular formula is C19H17BrN2O3S2. The molecule has 0 atom stereocenters. The third-order valence-electron chi connectivity index (χ3n) is 3.81. The monoisotopic (exact) mass is 464 g/mol. The zero-order chi connectivity index (χ0) is 19.4. The molecule has 5 nitrogen and oxygen atoms in total. The summed E-state index contributed by atoms with van der Waals surface area (Å²) in [6.45, 7) is 2.85. The molecule has 27 heavy (non-hydrogen) atoms. The van der Waals surface area contributed by atoms with Crippen LogP contribution in [0.2, 0.25) is 0 Å². The van der Waals surface area contributed by atoms with E-state index in [1.165, 1.54) is 11.8 Å². The number of hydrogen-bond acceptors (Lipinski definition) is 6. The van der Waals surface area contributed by atoms with E-state index in [4.69, 9.17) is 21.7 Å². The summed E-state index contributed by atoms with van der Waals surface area (Å²) in [5.74, 6) is 1.14. The van der Waals surface area contributed by atoms with E-state index in [9.17, 15) is 4.79 Å². The van der Waals surface area contributed by atoms with Crippen LogP contribution < -0.4 is 9.47 Å². The Bertz CT molecular complexity index is 903. The minimum atomic E-state index is -0.117. The molecule has 140 valence electrons. The Kier molecular flexibility index (Phi) is 6.51. The lowest BCUT2D eigenvalue weighted by molar-refractivity contribution is -0.122. The van der Waals surface area contributed by atoms with Gasteiger partial charge in [0.25, 0.3) is 5.91 Å². The largest absolute Gasteiger partial charge is 0.493 e. The van der Waals surface area contributed by atoms with Crippen LogP contribution in [0.5, 0.6) is 11.5 Å². The molecule has 2 heterocycles. The van der Waals surface area contributed by atoms with E-state index in [1.807, 2.05) is 37.3 Å². The fraction of sp³-hybridized carbons (Fsp3) is 0.211. The molecule has 0 N–H and O–H groups in total. The number of nitrogens with zero attached hydrogens (tertiary/aromatic N) is 2. The molecule has 1 aromatic carbocycles. The van der Waals surface area contributed by atoms with Crippen LogP contribution >= 0.6 is 39.9 Å². The molecule has 0 bridgehead atoms. The molecular weight excluding hydrogens is 448 g/mol. The van der Waals surface area contributed by atoms with Gasteiger partial charge >= 0.3 is 0 Å². The van der Waals surface area contributed by atoms with Crippen LogP contribution in [-0.2, 0) is 11.3 Å². The minimum Gasteiger partial charge on any atom is -0.493 e. The summed E-state index contributed by atoms with van der Waals surface area (Å²) in [7, 11) is 1.59. The van der Waals surface area contributed by atoms with E-state index < -0.39 is 0 Å². The number of ether oxygens (including phenoxy) is 2. The van der Waals surface area contributed by atoms with Crippen LogP contribution in [0.4, 0.5) is 0 Å². The number of benzene rings is 1. The topological polar surface area (TPSA) is 51.7 Å². The Balaban J connectivity index is 1.87. The van der Waals surface area contributed by atoms with Crippen molar-refractivity contribution < 1.29 is 14.3 Å². The minimum absolute atomic E-state index is 0.117. The molecule has 1 aromatic heterocycles. The van der Waals surface area contributed by atoms with Crippen molar-refractivity contribution in [2.45, 2.75) is 13.5 Å². The van der Waals surface area contributed by atoms with Gasteiger partial charge in [-0.2, -0.15) is 0 Å². The van der Waals surface area contributed by atoms with Crippen molar-refractivity contribution in [1.82, 2.24) is 9.88 Å². The average Bonchev–Trinajstić information content (AvgIpc) is 2.92. The number of methoxy groups -OCH3 is 1. The maximum atomic E-state index is 12.8. The first kappa shape index (κ1) is 19.9. The van der Waals surface area contributed by atoms with Crippen LogP contribution in [-0.4, -0.2) is 33.8 Å². The Labute approximate surface area is 175 Å². The number of hydrogen-bond donors (Lipinski definition) is 0. The number of aromatic nitrogens is 1. The molecule has 1 saturated heterocycles. The van der Waals surface area contributed by atoms with Gasteiger partial charge in [-0.25, -0.2) is 0 Å². The number of thiocarbonyl (C=S) groups is 1. The number of halogens is 1. The third-order valence-corrected chi connectivity index (χ3v) is 5.87. The van der Waals surface area contributed by atoms with E-state index in [0.717, 1.165) is 15.6 Å². The number of carbonyl (C=O) groups excluding carboxylic acids is 1. The predicted octanol–water partition coefficient (Wildman–Crippen LogP) is 4.65. The highest BCUT2D eigenvalue weighted by atomic mass is 79.9. The van der Waals surface area contributed by atoms with Gasteiger partial charge in [0.05, 0.1) is 25.2 Å². The summed E-state index contributed by atoms with van der Waals surface area (Å²) in [6, 6.07) is 7.43. The lowest BCUT2D eigenvalue weighted by atomic mass is 10.1. The Morgan fingerprint density at radius 3 is 2.85 bits per heavy atom. The molecule has 1 aliphatic heterocycles. The van der Waals surface area contributed by atoms with Gasteiger partial charge in [-0.05, 0) is 42.3 Å². The van der Waals surface area contributed by atoms with Crippen LogP contribution in [0.25, 0.3) is 6.08 Å². The zero-order valence-electron chi connectivity index (χ0n) is 14.8. The molecule has 0 radical (unpaired) electrons. The summed E-state index contributed by atoms with van der Waals surface area (Å²) in [5.41, 5.74) is 1.75. The smallest absolute Gasteiger partial charge is 0.266 e. The Morgan fingerprint density at radius 1 is 1.37 bits per heavy atom. The van der Waals surface area contributed by atoms with Crippen LogP contribution in [0.3, 0.4) is 0 Å². The maximum Gasteiger partial charge on any atom is 0.266 e. The summed E-state index contributed by atoms with van der Waals surface area (Å²) < 4.78 is 12.3. The molecule has 1 aliphatic rings. The highest BCUT2D eigenvalue weighted by Gasteiger charge is 2.32. The summed E-state index contributed by atoms with van der Waals surface area (Å²) in [4.78, 5) is 19.1. The molecule has 1 fully saturated rings. The van der Waals surface area contributed by atoms with Crippen LogP contribution in [0.1, 0.15) is 18.1 Å². The third kappa shape index (κ3) is 4.51. The standard InChI is InChI=1S/C19H17BrN2O3S2/c1-3-25-16-9-14(20)13(7-15(16)24-2)8-17-18(23)22(19(26)27-17)11-12-5-4-6-21-10-12/h4-10H,3,11H2,1-2H3/b17-8-. The SMILES string of the molecule is CCOc1cc(Br)c(/C=C2\SC(=S)N(Cc3cccnc3)C2=O)cc1OC. The lowest BCUT2D eigenvalue weighted by Crippen LogP contribution is -2.27. The van der Waals surface area contributed by atoms with Crippen LogP contribution in [0.15, 0.2) is 46.0 Å². The molecule has 3 rings (SSSR count). The number of thioether (sulfide) groups is 1. The van der Waals surface area contributed by atoms with E-state index in [2.05, 4.69) is 20.9 Å². The van der Waals surface area contributed by atoms with E-state index in [-0.39, 0.29) is 5.91 Å². The van der Waals surface area contributed by atoms with Gasteiger partial charge in [-0.3, -0.25) is 14.7 Å². The van der Waals surface area contributed by atoms with Crippen molar-refractivity contribution >= 4 is 56.2 Å². The molecule has 2 aromatic rings. The Hall–Kier alpha value is -1.90. The second kappa shape index (κ2) is 8.86. The first-order valence-electron chi connectivity index (χ1n) is 8.18. The highest BCUT2D eigenvalue weighted by Crippen LogP contribution is 2.38. The maximum absolute atomic E-state index is 12.8. The number of carbonyl (C=O) groups is 1. The first-order chi connectivity index (χ1) is 13.0. The lowest BCUT2D eigenvalue weighted by Gasteiger charge is -2.14. The number of rotatable bonds is 6. The van der Waals surface area contributed by atoms with Gasteiger partial charge in [0.1, 0.15) is 4.32 Å². The number of amides is 1. The molecule has 8 heteroatoms.